The Kier molecular flexibility index (Phi) is 6.63. The van der Waals surface area contributed by atoms with E-state index >= 15 is 0 Å². The monoisotopic (exact) mass is 387 g/mol. The van der Waals surface area contributed by atoms with E-state index in [2.05, 4.69) is 16.0 Å². The van der Waals surface area contributed by atoms with Crippen molar-refractivity contribution in [3.8, 4) is 0 Å². The zero-order valence-corrected chi connectivity index (χ0v) is 16.6. The number of carbonyl (C=O) groups is 2. The summed E-state index contributed by atoms with van der Waals surface area (Å²) in [6.45, 7) is 4.01. The van der Waals surface area contributed by atoms with Crippen LogP contribution < -0.4 is 16.0 Å². The van der Waals surface area contributed by atoms with Gasteiger partial charge in [-0.15, -0.1) is 0 Å². The van der Waals surface area contributed by atoms with Gasteiger partial charge in [-0.25, -0.2) is 0 Å². The number of rotatable bonds is 7. The van der Waals surface area contributed by atoms with Gasteiger partial charge in [0.2, 0.25) is 5.91 Å². The Labute approximate surface area is 171 Å². The van der Waals surface area contributed by atoms with Gasteiger partial charge in [0.15, 0.2) is 0 Å². The summed E-state index contributed by atoms with van der Waals surface area (Å²) < 4.78 is 0. The van der Waals surface area contributed by atoms with Gasteiger partial charge in [-0.2, -0.15) is 0 Å². The highest BCUT2D eigenvalue weighted by Crippen LogP contribution is 2.18. The van der Waals surface area contributed by atoms with E-state index in [1.54, 1.807) is 18.2 Å². The molecule has 5 heteroatoms. The highest BCUT2D eigenvalue weighted by Gasteiger charge is 2.13. The summed E-state index contributed by atoms with van der Waals surface area (Å²) >= 11 is 0. The first-order valence-electron chi connectivity index (χ1n) is 9.58. The van der Waals surface area contributed by atoms with Crippen LogP contribution >= 0.6 is 0 Å². The number of nitrogens with one attached hydrogen (secondary N) is 3. The van der Waals surface area contributed by atoms with Crippen LogP contribution in [0.2, 0.25) is 0 Å². The van der Waals surface area contributed by atoms with Crippen LogP contribution in [0.5, 0.6) is 0 Å². The molecule has 29 heavy (non-hydrogen) atoms. The van der Waals surface area contributed by atoms with Crippen LogP contribution in [0.15, 0.2) is 78.9 Å². The molecule has 3 rings (SSSR count). The third-order valence-electron chi connectivity index (χ3n) is 4.60. The van der Waals surface area contributed by atoms with E-state index in [9.17, 15) is 9.59 Å². The van der Waals surface area contributed by atoms with E-state index in [0.29, 0.717) is 11.3 Å². The Hall–Kier alpha value is -3.60. The number of anilines is 2. The first kappa shape index (κ1) is 20.1. The molecule has 3 aromatic carbocycles. The first-order valence-corrected chi connectivity index (χ1v) is 9.58. The van der Waals surface area contributed by atoms with Crippen molar-refractivity contribution < 1.29 is 9.59 Å². The molecule has 0 aliphatic carbocycles. The van der Waals surface area contributed by atoms with Gasteiger partial charge in [0.25, 0.3) is 5.91 Å². The van der Waals surface area contributed by atoms with Crippen LogP contribution in [0.3, 0.4) is 0 Å². The number of para-hydroxylation sites is 1. The molecule has 0 saturated carbocycles. The lowest BCUT2D eigenvalue weighted by molar-refractivity contribution is -0.120. The lowest BCUT2D eigenvalue weighted by Gasteiger charge is -2.16. The zero-order valence-electron chi connectivity index (χ0n) is 16.6. The molecule has 3 aromatic rings. The molecule has 0 aromatic heterocycles. The van der Waals surface area contributed by atoms with Gasteiger partial charge in [-0.1, -0.05) is 60.2 Å². The van der Waals surface area contributed by atoms with Crippen LogP contribution in [0, 0.1) is 6.92 Å². The van der Waals surface area contributed by atoms with E-state index in [-0.39, 0.29) is 24.4 Å². The Morgan fingerprint density at radius 2 is 1.52 bits per heavy atom. The summed E-state index contributed by atoms with van der Waals surface area (Å²) in [6.07, 6.45) is 0. The fourth-order valence-corrected chi connectivity index (χ4v) is 2.96. The second-order valence-corrected chi connectivity index (χ2v) is 6.92. The van der Waals surface area contributed by atoms with Crippen molar-refractivity contribution >= 4 is 23.2 Å². The lowest BCUT2D eigenvalue weighted by Crippen LogP contribution is -2.32. The van der Waals surface area contributed by atoms with Crippen molar-refractivity contribution in [1.82, 2.24) is 5.32 Å². The second kappa shape index (κ2) is 9.55. The van der Waals surface area contributed by atoms with Crippen molar-refractivity contribution in [3.05, 3.63) is 95.6 Å². The fraction of sp³-hybridized carbons (Fsp3) is 0.167. The van der Waals surface area contributed by atoms with Gasteiger partial charge in [-0.3, -0.25) is 9.59 Å². The Balaban J connectivity index is 1.60. The average molecular weight is 387 g/mol. The maximum absolute atomic E-state index is 12.7. The van der Waals surface area contributed by atoms with E-state index in [1.165, 1.54) is 0 Å². The summed E-state index contributed by atoms with van der Waals surface area (Å²) in [5, 5.41) is 8.92. The van der Waals surface area contributed by atoms with Gasteiger partial charge in [0.1, 0.15) is 0 Å². The first-order chi connectivity index (χ1) is 14.0. The lowest BCUT2D eigenvalue weighted by atomic mass is 10.1. The number of amides is 2. The number of hydrogen-bond acceptors (Lipinski definition) is 3. The van der Waals surface area contributed by atoms with Crippen LogP contribution in [0.25, 0.3) is 0 Å². The van der Waals surface area contributed by atoms with Crippen LogP contribution in [0.1, 0.15) is 34.5 Å². The van der Waals surface area contributed by atoms with Crippen molar-refractivity contribution in [2.45, 2.75) is 19.9 Å². The molecule has 2 amide bonds. The highest BCUT2D eigenvalue weighted by atomic mass is 16.2. The van der Waals surface area contributed by atoms with Crippen molar-refractivity contribution in [1.29, 1.82) is 0 Å². The molecule has 0 saturated heterocycles. The van der Waals surface area contributed by atoms with Crippen molar-refractivity contribution in [3.63, 3.8) is 0 Å². The summed E-state index contributed by atoms with van der Waals surface area (Å²) in [6, 6.07) is 24.4. The smallest absolute Gasteiger partial charge is 0.257 e. The van der Waals surface area contributed by atoms with E-state index in [0.717, 1.165) is 16.8 Å². The van der Waals surface area contributed by atoms with Gasteiger partial charge >= 0.3 is 0 Å². The zero-order chi connectivity index (χ0) is 20.6. The summed E-state index contributed by atoms with van der Waals surface area (Å²) in [5.41, 5.74) is 3.99. The van der Waals surface area contributed by atoms with Gasteiger partial charge < -0.3 is 16.0 Å². The molecule has 0 aliphatic rings. The third kappa shape index (κ3) is 5.69. The van der Waals surface area contributed by atoms with Gasteiger partial charge in [-0.05, 0) is 43.7 Å². The van der Waals surface area contributed by atoms with Crippen LogP contribution in [-0.2, 0) is 4.79 Å². The molecule has 5 nitrogen and oxygen atoms in total. The van der Waals surface area contributed by atoms with Crippen molar-refractivity contribution in [2.24, 2.45) is 0 Å². The number of aryl methyl sites for hydroxylation is 1. The minimum atomic E-state index is -0.227. The van der Waals surface area contributed by atoms with Crippen LogP contribution in [0.4, 0.5) is 11.4 Å². The number of benzene rings is 3. The largest absolute Gasteiger partial charge is 0.376 e. The summed E-state index contributed by atoms with van der Waals surface area (Å²) in [4.78, 5) is 25.0. The summed E-state index contributed by atoms with van der Waals surface area (Å²) in [7, 11) is 0. The standard InChI is InChI=1S/C24H25N3O2/c1-17-12-14-20(15-13-17)27-24(29)21-10-6-7-11-22(21)25-16-23(28)26-18(2)19-8-4-3-5-9-19/h3-15,18,25H,16H2,1-2H3,(H,26,28)(H,27,29)/t18-/m0/s1. The molecule has 0 unspecified atom stereocenters. The molecule has 1 atom stereocenters. The maximum atomic E-state index is 12.7. The van der Waals surface area contributed by atoms with E-state index in [1.807, 2.05) is 74.5 Å². The Morgan fingerprint density at radius 3 is 2.24 bits per heavy atom. The van der Waals surface area contributed by atoms with Gasteiger partial charge in [0.05, 0.1) is 18.2 Å². The van der Waals surface area contributed by atoms with Crippen LogP contribution in [-0.4, -0.2) is 18.4 Å². The molecular weight excluding hydrogens is 362 g/mol. The molecule has 148 valence electrons. The number of carbonyl (C=O) groups excluding carboxylic acids is 2. The fourth-order valence-electron chi connectivity index (χ4n) is 2.96. The molecule has 3 N–H and O–H groups in total. The van der Waals surface area contributed by atoms with E-state index < -0.39 is 0 Å². The molecule has 0 aliphatic heterocycles. The quantitative estimate of drug-likeness (QED) is 0.558. The SMILES string of the molecule is Cc1ccc(NC(=O)c2ccccc2NCC(=O)N[C@@H](C)c2ccccc2)cc1. The minimum absolute atomic E-state index is 0.0754. The Bertz CT molecular complexity index is 969. The van der Waals surface area contributed by atoms with E-state index in [4.69, 9.17) is 0 Å². The third-order valence-corrected chi connectivity index (χ3v) is 4.60. The highest BCUT2D eigenvalue weighted by molar-refractivity contribution is 6.08. The average Bonchev–Trinajstić information content (AvgIpc) is 2.74. The number of hydrogen-bond donors (Lipinski definition) is 3. The van der Waals surface area contributed by atoms with Gasteiger partial charge in [0, 0.05) is 11.4 Å². The predicted octanol–water partition coefficient (Wildman–Crippen LogP) is 4.54. The van der Waals surface area contributed by atoms with Crippen molar-refractivity contribution in [2.75, 3.05) is 17.2 Å². The Morgan fingerprint density at radius 1 is 0.862 bits per heavy atom. The molecule has 0 fully saturated rings. The second-order valence-electron chi connectivity index (χ2n) is 6.92. The summed E-state index contributed by atoms with van der Waals surface area (Å²) in [5.74, 6) is -0.370. The predicted molar refractivity (Wildman–Crippen MR) is 117 cm³/mol. The normalized spacial score (nSPS) is 11.4. The maximum Gasteiger partial charge on any atom is 0.257 e. The molecular formula is C24H25N3O2. The molecule has 0 radical (unpaired) electrons. The minimum Gasteiger partial charge on any atom is -0.376 e. The molecule has 0 heterocycles. The topological polar surface area (TPSA) is 70.2 Å². The molecule has 0 bridgehead atoms. The molecule has 0 spiro atoms.